The predicted molar refractivity (Wildman–Crippen MR) is 117 cm³/mol. The largest absolute Gasteiger partial charge is 0.416 e. The molecule has 178 valence electrons. The zero-order valence-corrected chi connectivity index (χ0v) is 18.8. The lowest BCUT2D eigenvalue weighted by Gasteiger charge is -2.48. The van der Waals surface area contributed by atoms with Crippen molar-refractivity contribution >= 4 is 17.6 Å². The van der Waals surface area contributed by atoms with Crippen LogP contribution in [0, 0.1) is 11.3 Å². The molecule has 1 aromatic carbocycles. The normalized spacial score (nSPS) is 21.0. The Bertz CT molecular complexity index is 1140. The van der Waals surface area contributed by atoms with Gasteiger partial charge >= 0.3 is 6.18 Å². The highest BCUT2D eigenvalue weighted by Gasteiger charge is 2.56. The van der Waals surface area contributed by atoms with Crippen LogP contribution in [0.3, 0.4) is 0 Å². The van der Waals surface area contributed by atoms with E-state index in [1.54, 1.807) is 17.0 Å². The number of nitrogens with zero attached hydrogens (tertiary/aromatic N) is 5. The molecule has 2 aliphatic heterocycles. The van der Waals surface area contributed by atoms with Crippen LogP contribution < -0.4 is 4.90 Å². The molecule has 0 saturated carbocycles. The number of anilines is 1. The summed E-state index contributed by atoms with van der Waals surface area (Å²) in [6, 6.07) is 9.75. The number of carbonyl (C=O) groups excluding carboxylic acids is 2. The van der Waals surface area contributed by atoms with Gasteiger partial charge in [-0.3, -0.25) is 9.59 Å². The fourth-order valence-corrected chi connectivity index (χ4v) is 4.61. The van der Waals surface area contributed by atoms with Gasteiger partial charge < -0.3 is 14.7 Å². The molecular weight excluding hydrogens is 447 g/mol. The van der Waals surface area contributed by atoms with Gasteiger partial charge in [-0.25, -0.2) is 4.98 Å². The monoisotopic (exact) mass is 471 g/mol. The van der Waals surface area contributed by atoms with Gasteiger partial charge in [-0.15, -0.1) is 0 Å². The number of carbonyl (C=O) groups is 2. The summed E-state index contributed by atoms with van der Waals surface area (Å²) in [5, 5.41) is 9.22. The number of nitriles is 1. The Balaban J connectivity index is 1.67. The molecule has 2 aromatic rings. The number of rotatable bonds is 4. The van der Waals surface area contributed by atoms with Crippen molar-refractivity contribution in [2.45, 2.75) is 44.6 Å². The molecule has 0 radical (unpaired) electrons. The Kier molecular flexibility index (Phi) is 5.98. The quantitative estimate of drug-likeness (QED) is 0.684. The highest BCUT2D eigenvalue weighted by Crippen LogP contribution is 2.37. The summed E-state index contributed by atoms with van der Waals surface area (Å²) in [5.41, 5.74) is -1.00. The first kappa shape index (κ1) is 23.5. The smallest absolute Gasteiger partial charge is 0.354 e. The molecule has 34 heavy (non-hydrogen) atoms. The number of piperazine rings is 1. The van der Waals surface area contributed by atoms with Crippen molar-refractivity contribution in [2.24, 2.45) is 0 Å². The summed E-state index contributed by atoms with van der Waals surface area (Å²) in [5.74, 6) is 0.0917. The molecule has 2 aliphatic rings. The maximum Gasteiger partial charge on any atom is 0.416 e. The topological polar surface area (TPSA) is 80.5 Å². The third-order valence-corrected chi connectivity index (χ3v) is 6.47. The van der Waals surface area contributed by atoms with Crippen LogP contribution in [0.15, 0.2) is 42.6 Å². The summed E-state index contributed by atoms with van der Waals surface area (Å²) >= 11 is 0. The lowest BCUT2D eigenvalue weighted by Crippen LogP contribution is -2.69. The van der Waals surface area contributed by atoms with Crippen molar-refractivity contribution in [1.82, 2.24) is 14.8 Å². The van der Waals surface area contributed by atoms with Gasteiger partial charge in [0.15, 0.2) is 0 Å². The second-order valence-electron chi connectivity index (χ2n) is 8.92. The molecule has 1 unspecified atom stereocenters. The zero-order chi connectivity index (χ0) is 24.7. The van der Waals surface area contributed by atoms with Gasteiger partial charge in [0.2, 0.25) is 5.91 Å². The summed E-state index contributed by atoms with van der Waals surface area (Å²) < 4.78 is 38.9. The zero-order valence-electron chi connectivity index (χ0n) is 18.8. The number of halogens is 3. The molecule has 10 heteroatoms. The van der Waals surface area contributed by atoms with Gasteiger partial charge in [0.1, 0.15) is 17.9 Å². The highest BCUT2D eigenvalue weighted by molar-refractivity contribution is 5.99. The second kappa shape index (κ2) is 8.63. The molecule has 0 aliphatic carbocycles. The highest BCUT2D eigenvalue weighted by atomic mass is 19.4. The number of pyridine rings is 1. The maximum absolute atomic E-state index is 13.7. The minimum absolute atomic E-state index is 0.0220. The number of hydrogen-bond acceptors (Lipinski definition) is 5. The molecule has 7 nitrogen and oxygen atoms in total. The van der Waals surface area contributed by atoms with Crippen LogP contribution in [0.5, 0.6) is 0 Å². The summed E-state index contributed by atoms with van der Waals surface area (Å²) in [7, 11) is 0. The average molecular weight is 471 g/mol. The van der Waals surface area contributed by atoms with Crippen molar-refractivity contribution in [3.8, 4) is 6.07 Å². The van der Waals surface area contributed by atoms with Crippen LogP contribution in [0.2, 0.25) is 0 Å². The van der Waals surface area contributed by atoms with E-state index in [0.29, 0.717) is 29.9 Å². The second-order valence-corrected chi connectivity index (χ2v) is 8.92. The van der Waals surface area contributed by atoms with E-state index in [0.717, 1.165) is 12.1 Å². The molecule has 0 bridgehead atoms. The first-order valence-corrected chi connectivity index (χ1v) is 10.9. The maximum atomic E-state index is 13.7. The van der Waals surface area contributed by atoms with Crippen LogP contribution in [-0.2, 0) is 22.3 Å². The fraction of sp³-hybridized carbons (Fsp3) is 0.417. The Morgan fingerprint density at radius 3 is 2.50 bits per heavy atom. The van der Waals surface area contributed by atoms with Crippen LogP contribution in [-0.4, -0.2) is 57.8 Å². The SMILES string of the molecule is CC(C)N1CC(=O)N(Cc2ccc(C(F)(F)F)cc2)C2(CCN(c3cc(C#N)ccn3)C2)C1=O. The summed E-state index contributed by atoms with van der Waals surface area (Å²) in [4.78, 5) is 36.2. The van der Waals surface area contributed by atoms with Gasteiger partial charge in [-0.1, -0.05) is 12.1 Å². The van der Waals surface area contributed by atoms with E-state index in [1.807, 2.05) is 18.7 Å². The summed E-state index contributed by atoms with van der Waals surface area (Å²) in [6.45, 7) is 4.25. The van der Waals surface area contributed by atoms with Gasteiger partial charge in [0.25, 0.3) is 5.91 Å². The van der Waals surface area contributed by atoms with Crippen LogP contribution in [0.1, 0.15) is 37.0 Å². The van der Waals surface area contributed by atoms with Gasteiger partial charge in [-0.2, -0.15) is 18.4 Å². The van der Waals surface area contributed by atoms with Gasteiger partial charge in [0.05, 0.1) is 23.7 Å². The molecule has 2 fully saturated rings. The van der Waals surface area contributed by atoms with E-state index in [4.69, 9.17) is 0 Å². The Hall–Kier alpha value is -3.61. The fourth-order valence-electron chi connectivity index (χ4n) is 4.61. The molecule has 1 atom stereocenters. The predicted octanol–water partition coefficient (Wildman–Crippen LogP) is 3.20. The number of alkyl halides is 3. The molecule has 3 heterocycles. The van der Waals surface area contributed by atoms with Crippen LogP contribution in [0.25, 0.3) is 0 Å². The van der Waals surface area contributed by atoms with Crippen molar-refractivity contribution in [3.05, 3.63) is 59.3 Å². The van der Waals surface area contributed by atoms with E-state index in [-0.39, 0.29) is 37.5 Å². The Morgan fingerprint density at radius 2 is 1.88 bits per heavy atom. The molecule has 0 N–H and O–H groups in total. The first-order valence-electron chi connectivity index (χ1n) is 10.9. The van der Waals surface area contributed by atoms with Crippen molar-refractivity contribution in [2.75, 3.05) is 24.5 Å². The Morgan fingerprint density at radius 1 is 1.18 bits per heavy atom. The standard InChI is InChI=1S/C24H24F3N5O2/c1-16(2)31-14-21(33)32(13-17-3-5-19(6-4-17)24(25,26)27)23(22(31)34)8-10-30(15-23)20-11-18(12-28)7-9-29-20/h3-7,9,11,16H,8,10,13-15H2,1-2H3. The molecule has 2 saturated heterocycles. The lowest BCUT2D eigenvalue weighted by molar-refractivity contribution is -0.166. The number of benzene rings is 1. The minimum atomic E-state index is -4.45. The van der Waals surface area contributed by atoms with Crippen molar-refractivity contribution in [1.29, 1.82) is 5.26 Å². The van der Waals surface area contributed by atoms with Gasteiger partial charge in [0, 0.05) is 25.3 Å². The average Bonchev–Trinajstić information content (AvgIpc) is 3.25. The molecular formula is C24H24F3N5O2. The number of amides is 2. The van der Waals surface area contributed by atoms with Crippen molar-refractivity contribution in [3.63, 3.8) is 0 Å². The molecule has 4 rings (SSSR count). The number of hydrogen-bond donors (Lipinski definition) is 0. The van der Waals surface area contributed by atoms with E-state index in [9.17, 15) is 28.0 Å². The first-order chi connectivity index (χ1) is 16.0. The lowest BCUT2D eigenvalue weighted by atomic mass is 9.89. The van der Waals surface area contributed by atoms with Gasteiger partial charge in [-0.05, 0) is 50.1 Å². The van der Waals surface area contributed by atoms with Crippen LogP contribution >= 0.6 is 0 Å². The molecule has 2 amide bonds. The third kappa shape index (κ3) is 4.18. The third-order valence-electron chi connectivity index (χ3n) is 6.47. The summed E-state index contributed by atoms with van der Waals surface area (Å²) in [6.07, 6.45) is -2.58. The van der Waals surface area contributed by atoms with Crippen molar-refractivity contribution < 1.29 is 22.8 Å². The van der Waals surface area contributed by atoms with Crippen LogP contribution in [0.4, 0.5) is 19.0 Å². The number of aromatic nitrogens is 1. The Labute approximate surface area is 195 Å². The van der Waals surface area contributed by atoms with E-state index in [2.05, 4.69) is 11.1 Å². The van der Waals surface area contributed by atoms with E-state index in [1.165, 1.54) is 23.2 Å². The molecule has 1 aromatic heterocycles. The molecule has 1 spiro atoms. The van der Waals surface area contributed by atoms with E-state index < -0.39 is 17.3 Å². The minimum Gasteiger partial charge on any atom is -0.354 e. The van der Waals surface area contributed by atoms with E-state index >= 15 is 0 Å².